The maximum atomic E-state index is 11.6. The number of nitrogens with zero attached hydrogens (tertiary/aromatic N) is 2. The van der Waals surface area contributed by atoms with E-state index in [0.717, 1.165) is 4.57 Å². The Bertz CT molecular complexity index is 476. The van der Waals surface area contributed by atoms with Crippen LogP contribution in [0.1, 0.15) is 0 Å². The standard InChI is InChI=1S/C9H13N3O5/c10-6-1-2-12(8(15)11-6)9(16)4-17-5(3-13)7(9)14/h1-2,5,7,13-14,16H,3-4H2,(H2,10,11,15)/t5-,7-,9+/m1/s1. The summed E-state index contributed by atoms with van der Waals surface area (Å²) < 4.78 is 5.84. The fourth-order valence-corrected chi connectivity index (χ4v) is 1.78. The highest BCUT2D eigenvalue weighted by Crippen LogP contribution is 2.28. The molecule has 1 saturated heterocycles. The van der Waals surface area contributed by atoms with Crippen molar-refractivity contribution < 1.29 is 20.1 Å². The minimum Gasteiger partial charge on any atom is -0.394 e. The van der Waals surface area contributed by atoms with Gasteiger partial charge in [-0.3, -0.25) is 4.57 Å². The molecule has 94 valence electrons. The van der Waals surface area contributed by atoms with Crippen LogP contribution in [-0.2, 0) is 10.5 Å². The van der Waals surface area contributed by atoms with E-state index < -0.39 is 30.2 Å². The van der Waals surface area contributed by atoms with E-state index in [9.17, 15) is 15.0 Å². The Morgan fingerprint density at radius 2 is 2.41 bits per heavy atom. The van der Waals surface area contributed by atoms with Crippen molar-refractivity contribution in [2.45, 2.75) is 17.9 Å². The average Bonchev–Trinajstić information content (AvgIpc) is 2.56. The van der Waals surface area contributed by atoms with Gasteiger partial charge in [0.2, 0.25) is 0 Å². The van der Waals surface area contributed by atoms with Gasteiger partial charge in [-0.05, 0) is 6.07 Å². The lowest BCUT2D eigenvalue weighted by Gasteiger charge is -2.27. The van der Waals surface area contributed by atoms with Gasteiger partial charge >= 0.3 is 5.69 Å². The second-order valence-electron chi connectivity index (χ2n) is 3.86. The van der Waals surface area contributed by atoms with Crippen molar-refractivity contribution in [3.05, 3.63) is 22.7 Å². The van der Waals surface area contributed by atoms with Gasteiger partial charge in [0.25, 0.3) is 0 Å². The summed E-state index contributed by atoms with van der Waals surface area (Å²) in [7, 11) is 0. The quantitative estimate of drug-likeness (QED) is 0.442. The van der Waals surface area contributed by atoms with E-state index >= 15 is 0 Å². The lowest BCUT2D eigenvalue weighted by atomic mass is 10.1. The number of hydrogen-bond donors (Lipinski definition) is 4. The molecule has 5 N–H and O–H groups in total. The Labute approximate surface area is 95.9 Å². The normalized spacial score (nSPS) is 32.9. The lowest BCUT2D eigenvalue weighted by molar-refractivity contribution is -0.115. The fourth-order valence-electron chi connectivity index (χ4n) is 1.78. The zero-order chi connectivity index (χ0) is 12.6. The summed E-state index contributed by atoms with van der Waals surface area (Å²) >= 11 is 0. The van der Waals surface area contributed by atoms with Gasteiger partial charge in [0, 0.05) is 6.20 Å². The van der Waals surface area contributed by atoms with E-state index in [1.165, 1.54) is 12.3 Å². The van der Waals surface area contributed by atoms with Crippen LogP contribution in [0.2, 0.25) is 0 Å². The van der Waals surface area contributed by atoms with Crippen molar-refractivity contribution in [2.24, 2.45) is 0 Å². The molecule has 1 aliphatic rings. The zero-order valence-corrected chi connectivity index (χ0v) is 8.85. The molecule has 0 radical (unpaired) electrons. The molecule has 2 rings (SSSR count). The molecule has 2 heterocycles. The second kappa shape index (κ2) is 4.08. The summed E-state index contributed by atoms with van der Waals surface area (Å²) in [6.07, 6.45) is -1.14. The molecule has 1 fully saturated rings. The van der Waals surface area contributed by atoms with Crippen molar-refractivity contribution in [1.29, 1.82) is 0 Å². The highest BCUT2D eigenvalue weighted by molar-refractivity contribution is 5.24. The van der Waals surface area contributed by atoms with Crippen LogP contribution in [0.5, 0.6) is 0 Å². The Morgan fingerprint density at radius 1 is 1.71 bits per heavy atom. The summed E-state index contributed by atoms with van der Waals surface area (Å²) in [6, 6.07) is 1.32. The molecule has 1 aromatic heterocycles. The Balaban J connectivity index is 2.42. The average molecular weight is 243 g/mol. The highest BCUT2D eigenvalue weighted by atomic mass is 16.5. The van der Waals surface area contributed by atoms with Gasteiger partial charge in [-0.25, -0.2) is 4.79 Å². The fraction of sp³-hybridized carbons (Fsp3) is 0.556. The summed E-state index contributed by atoms with van der Waals surface area (Å²) in [4.78, 5) is 15.0. The van der Waals surface area contributed by atoms with Crippen LogP contribution < -0.4 is 11.4 Å². The second-order valence-corrected chi connectivity index (χ2v) is 3.86. The van der Waals surface area contributed by atoms with Gasteiger partial charge in [0.1, 0.15) is 18.0 Å². The van der Waals surface area contributed by atoms with Crippen molar-refractivity contribution in [3.8, 4) is 0 Å². The van der Waals surface area contributed by atoms with Crippen LogP contribution in [0.4, 0.5) is 5.82 Å². The molecule has 0 aromatic carbocycles. The third-order valence-electron chi connectivity index (χ3n) is 2.76. The van der Waals surface area contributed by atoms with Crippen LogP contribution >= 0.6 is 0 Å². The van der Waals surface area contributed by atoms with E-state index in [1.807, 2.05) is 0 Å². The minimum atomic E-state index is -1.94. The van der Waals surface area contributed by atoms with E-state index in [1.54, 1.807) is 0 Å². The number of ether oxygens (including phenoxy) is 1. The maximum Gasteiger partial charge on any atom is 0.351 e. The number of aliphatic hydroxyl groups is 3. The number of aromatic nitrogens is 2. The minimum absolute atomic E-state index is 0.0157. The van der Waals surface area contributed by atoms with E-state index in [-0.39, 0.29) is 12.4 Å². The Hall–Kier alpha value is -1.48. The molecule has 8 nitrogen and oxygen atoms in total. The van der Waals surface area contributed by atoms with E-state index in [2.05, 4.69) is 4.98 Å². The van der Waals surface area contributed by atoms with Crippen molar-refractivity contribution >= 4 is 5.82 Å². The topological polar surface area (TPSA) is 131 Å². The number of nitrogen functional groups attached to an aromatic ring is 1. The molecule has 0 saturated carbocycles. The van der Waals surface area contributed by atoms with Crippen molar-refractivity contribution in [3.63, 3.8) is 0 Å². The van der Waals surface area contributed by atoms with Gasteiger partial charge < -0.3 is 25.8 Å². The first-order chi connectivity index (χ1) is 7.99. The molecule has 0 aliphatic carbocycles. The van der Waals surface area contributed by atoms with Crippen LogP contribution in [0.25, 0.3) is 0 Å². The third kappa shape index (κ3) is 1.80. The summed E-state index contributed by atoms with van der Waals surface area (Å²) in [5.74, 6) is 0.0157. The van der Waals surface area contributed by atoms with Gasteiger partial charge in [0.05, 0.1) is 13.2 Å². The molecule has 17 heavy (non-hydrogen) atoms. The monoisotopic (exact) mass is 243 g/mol. The summed E-state index contributed by atoms with van der Waals surface area (Å²) in [5.41, 5.74) is 2.58. The maximum absolute atomic E-state index is 11.6. The smallest absolute Gasteiger partial charge is 0.351 e. The Morgan fingerprint density at radius 3 is 2.94 bits per heavy atom. The SMILES string of the molecule is Nc1ccn([C@]2(O)CO[C@H](CO)[C@H]2O)c(=O)n1. The van der Waals surface area contributed by atoms with Crippen LogP contribution in [0.3, 0.4) is 0 Å². The first-order valence-corrected chi connectivity index (χ1v) is 4.97. The number of anilines is 1. The van der Waals surface area contributed by atoms with Crippen molar-refractivity contribution in [1.82, 2.24) is 9.55 Å². The lowest BCUT2D eigenvalue weighted by Crippen LogP contribution is -2.51. The van der Waals surface area contributed by atoms with Gasteiger partial charge in [0.15, 0.2) is 5.72 Å². The summed E-state index contributed by atoms with van der Waals surface area (Å²) in [5, 5.41) is 28.9. The zero-order valence-electron chi connectivity index (χ0n) is 8.85. The molecule has 0 unspecified atom stereocenters. The molecular weight excluding hydrogens is 230 g/mol. The molecule has 3 atom stereocenters. The van der Waals surface area contributed by atoms with E-state index in [0.29, 0.717) is 0 Å². The molecule has 1 aromatic rings. The first kappa shape index (κ1) is 12.0. The number of aliphatic hydroxyl groups excluding tert-OH is 2. The molecule has 8 heteroatoms. The first-order valence-electron chi connectivity index (χ1n) is 4.97. The van der Waals surface area contributed by atoms with Crippen molar-refractivity contribution in [2.75, 3.05) is 18.9 Å². The number of hydrogen-bond acceptors (Lipinski definition) is 7. The molecule has 0 bridgehead atoms. The van der Waals surface area contributed by atoms with Crippen LogP contribution in [0.15, 0.2) is 17.1 Å². The highest BCUT2D eigenvalue weighted by Gasteiger charge is 2.49. The molecular formula is C9H13N3O5. The van der Waals surface area contributed by atoms with Gasteiger partial charge in [-0.1, -0.05) is 0 Å². The number of rotatable bonds is 2. The summed E-state index contributed by atoms with van der Waals surface area (Å²) in [6.45, 7) is -0.772. The predicted octanol–water partition coefficient (Wildman–Crippen LogP) is -2.78. The molecule has 0 amide bonds. The number of nitrogens with two attached hydrogens (primary N) is 1. The van der Waals surface area contributed by atoms with Gasteiger partial charge in [-0.2, -0.15) is 4.98 Å². The third-order valence-corrected chi connectivity index (χ3v) is 2.76. The largest absolute Gasteiger partial charge is 0.394 e. The van der Waals surface area contributed by atoms with Crippen LogP contribution in [-0.4, -0.2) is 50.3 Å². The van der Waals surface area contributed by atoms with E-state index in [4.69, 9.17) is 15.6 Å². The molecule has 1 aliphatic heterocycles. The Kier molecular flexibility index (Phi) is 2.87. The molecule has 0 spiro atoms. The van der Waals surface area contributed by atoms with Gasteiger partial charge in [-0.15, -0.1) is 0 Å². The predicted molar refractivity (Wildman–Crippen MR) is 55.9 cm³/mol. The van der Waals surface area contributed by atoms with Crippen LogP contribution in [0, 0.1) is 0 Å².